The fourth-order valence-electron chi connectivity index (χ4n) is 2.67. The summed E-state index contributed by atoms with van der Waals surface area (Å²) in [6.45, 7) is 0. The lowest BCUT2D eigenvalue weighted by molar-refractivity contribution is 0.600. The number of halogens is 1. The predicted molar refractivity (Wildman–Crippen MR) is 77.2 cm³/mol. The summed E-state index contributed by atoms with van der Waals surface area (Å²) in [4.78, 5) is 0. The van der Waals surface area contributed by atoms with Gasteiger partial charge in [-0.2, -0.15) is 0 Å². The number of rotatable bonds is 2. The Morgan fingerprint density at radius 3 is 2.67 bits per heavy atom. The van der Waals surface area contributed by atoms with Gasteiger partial charge < -0.3 is 5.32 Å². The molecular formula is C16H16ClN. The van der Waals surface area contributed by atoms with Gasteiger partial charge in [0.25, 0.3) is 0 Å². The standard InChI is InChI=1S/C16H16ClN/c17-14-9-3-4-10-16(14)18-15-11-5-7-12-6-1-2-8-13(12)15/h1-4,6,8-10,15,18H,5,7,11H2. The molecule has 3 rings (SSSR count). The highest BCUT2D eigenvalue weighted by atomic mass is 35.5. The second-order valence-electron chi connectivity index (χ2n) is 4.77. The fraction of sp³-hybridized carbons (Fsp3) is 0.250. The lowest BCUT2D eigenvalue weighted by Crippen LogP contribution is -2.17. The summed E-state index contributed by atoms with van der Waals surface area (Å²) in [6.07, 6.45) is 3.60. The maximum Gasteiger partial charge on any atom is 0.0637 e. The first-order valence-electron chi connectivity index (χ1n) is 6.43. The van der Waals surface area contributed by atoms with Crippen LogP contribution in [0.15, 0.2) is 48.5 Å². The van der Waals surface area contributed by atoms with Crippen LogP contribution in [0.1, 0.15) is 30.0 Å². The molecule has 0 saturated carbocycles. The van der Waals surface area contributed by atoms with Gasteiger partial charge in [0, 0.05) is 0 Å². The SMILES string of the molecule is Clc1ccccc1NC1CCCc2ccccc21. The Hall–Kier alpha value is -1.47. The molecule has 1 aliphatic carbocycles. The van der Waals surface area contributed by atoms with Crippen LogP contribution in [0.2, 0.25) is 5.02 Å². The van der Waals surface area contributed by atoms with Crippen molar-refractivity contribution < 1.29 is 0 Å². The van der Waals surface area contributed by atoms with Gasteiger partial charge >= 0.3 is 0 Å². The Morgan fingerprint density at radius 1 is 1.00 bits per heavy atom. The summed E-state index contributed by atoms with van der Waals surface area (Å²) in [7, 11) is 0. The van der Waals surface area contributed by atoms with E-state index in [0.717, 1.165) is 10.7 Å². The number of para-hydroxylation sites is 1. The molecule has 0 amide bonds. The van der Waals surface area contributed by atoms with Crippen molar-refractivity contribution in [3.05, 3.63) is 64.7 Å². The first-order chi connectivity index (χ1) is 8.84. The van der Waals surface area contributed by atoms with Gasteiger partial charge in [-0.1, -0.05) is 48.0 Å². The fourth-order valence-corrected chi connectivity index (χ4v) is 2.86. The van der Waals surface area contributed by atoms with Gasteiger partial charge in [0.2, 0.25) is 0 Å². The van der Waals surface area contributed by atoms with Crippen molar-refractivity contribution in [1.82, 2.24) is 0 Å². The number of anilines is 1. The maximum atomic E-state index is 6.21. The van der Waals surface area contributed by atoms with Crippen LogP contribution in [0.3, 0.4) is 0 Å². The van der Waals surface area contributed by atoms with Crippen LogP contribution >= 0.6 is 11.6 Å². The maximum absolute atomic E-state index is 6.21. The second-order valence-corrected chi connectivity index (χ2v) is 5.18. The smallest absolute Gasteiger partial charge is 0.0637 e. The predicted octanol–water partition coefficient (Wildman–Crippen LogP) is 4.83. The molecule has 1 atom stereocenters. The highest BCUT2D eigenvalue weighted by Gasteiger charge is 2.19. The minimum Gasteiger partial charge on any atom is -0.377 e. The van der Waals surface area contributed by atoms with Crippen molar-refractivity contribution in [3.63, 3.8) is 0 Å². The third-order valence-electron chi connectivity index (χ3n) is 3.57. The van der Waals surface area contributed by atoms with Gasteiger partial charge in [-0.05, 0) is 42.5 Å². The zero-order chi connectivity index (χ0) is 12.4. The van der Waals surface area contributed by atoms with Crippen LogP contribution in [0.5, 0.6) is 0 Å². The molecule has 0 aromatic heterocycles. The largest absolute Gasteiger partial charge is 0.377 e. The number of nitrogens with one attached hydrogen (secondary N) is 1. The molecular weight excluding hydrogens is 242 g/mol. The summed E-state index contributed by atoms with van der Waals surface area (Å²) in [5.41, 5.74) is 3.91. The van der Waals surface area contributed by atoms with Crippen LogP contribution in [0.4, 0.5) is 5.69 Å². The summed E-state index contributed by atoms with van der Waals surface area (Å²) < 4.78 is 0. The average Bonchev–Trinajstić information content (AvgIpc) is 2.42. The van der Waals surface area contributed by atoms with E-state index in [2.05, 4.69) is 29.6 Å². The van der Waals surface area contributed by atoms with Crippen LogP contribution in [-0.4, -0.2) is 0 Å². The highest BCUT2D eigenvalue weighted by molar-refractivity contribution is 6.33. The van der Waals surface area contributed by atoms with E-state index in [1.807, 2.05) is 24.3 Å². The summed E-state index contributed by atoms with van der Waals surface area (Å²) >= 11 is 6.21. The van der Waals surface area contributed by atoms with Crippen LogP contribution in [0, 0.1) is 0 Å². The van der Waals surface area contributed by atoms with Gasteiger partial charge in [0.1, 0.15) is 0 Å². The van der Waals surface area contributed by atoms with E-state index in [1.54, 1.807) is 0 Å². The molecule has 0 bridgehead atoms. The van der Waals surface area contributed by atoms with E-state index >= 15 is 0 Å². The number of aryl methyl sites for hydroxylation is 1. The van der Waals surface area contributed by atoms with Crippen LogP contribution in [-0.2, 0) is 6.42 Å². The summed E-state index contributed by atoms with van der Waals surface area (Å²) in [5, 5.41) is 4.37. The molecule has 2 aromatic carbocycles. The summed E-state index contributed by atoms with van der Waals surface area (Å²) in [6, 6.07) is 17.0. The molecule has 1 nitrogen and oxygen atoms in total. The quantitative estimate of drug-likeness (QED) is 0.813. The first-order valence-corrected chi connectivity index (χ1v) is 6.81. The normalized spacial score (nSPS) is 18.2. The molecule has 1 aliphatic rings. The molecule has 0 aliphatic heterocycles. The molecule has 0 radical (unpaired) electrons. The third kappa shape index (κ3) is 2.23. The monoisotopic (exact) mass is 257 g/mol. The molecule has 92 valence electrons. The van der Waals surface area contributed by atoms with E-state index in [-0.39, 0.29) is 0 Å². The summed E-state index contributed by atoms with van der Waals surface area (Å²) in [5.74, 6) is 0. The number of hydrogen-bond acceptors (Lipinski definition) is 1. The molecule has 0 heterocycles. The Morgan fingerprint density at radius 2 is 1.78 bits per heavy atom. The lowest BCUT2D eigenvalue weighted by Gasteiger charge is -2.27. The van der Waals surface area contributed by atoms with Gasteiger partial charge in [-0.3, -0.25) is 0 Å². The van der Waals surface area contributed by atoms with Crippen LogP contribution < -0.4 is 5.32 Å². The van der Waals surface area contributed by atoms with E-state index in [4.69, 9.17) is 11.6 Å². The van der Waals surface area contributed by atoms with Crippen molar-refractivity contribution in [1.29, 1.82) is 0 Å². The Balaban J connectivity index is 1.89. The lowest BCUT2D eigenvalue weighted by atomic mass is 9.87. The van der Waals surface area contributed by atoms with Crippen molar-refractivity contribution in [2.24, 2.45) is 0 Å². The Kier molecular flexibility index (Phi) is 3.24. The van der Waals surface area contributed by atoms with E-state index < -0.39 is 0 Å². The molecule has 1 unspecified atom stereocenters. The van der Waals surface area contributed by atoms with E-state index in [0.29, 0.717) is 6.04 Å². The highest BCUT2D eigenvalue weighted by Crippen LogP contribution is 2.34. The molecule has 0 saturated heterocycles. The van der Waals surface area contributed by atoms with Gasteiger partial charge in [0.15, 0.2) is 0 Å². The zero-order valence-corrected chi connectivity index (χ0v) is 11.0. The third-order valence-corrected chi connectivity index (χ3v) is 3.90. The first kappa shape index (κ1) is 11.6. The minimum absolute atomic E-state index is 0.384. The van der Waals surface area contributed by atoms with Crippen molar-refractivity contribution in [2.45, 2.75) is 25.3 Å². The number of fused-ring (bicyclic) bond motifs is 1. The van der Waals surface area contributed by atoms with Gasteiger partial charge in [-0.25, -0.2) is 0 Å². The van der Waals surface area contributed by atoms with Crippen molar-refractivity contribution in [2.75, 3.05) is 5.32 Å². The molecule has 0 fully saturated rings. The molecule has 2 heteroatoms. The molecule has 0 spiro atoms. The van der Waals surface area contributed by atoms with Crippen molar-refractivity contribution in [3.8, 4) is 0 Å². The van der Waals surface area contributed by atoms with E-state index in [1.165, 1.54) is 30.4 Å². The van der Waals surface area contributed by atoms with Gasteiger partial charge in [0.05, 0.1) is 16.8 Å². The van der Waals surface area contributed by atoms with Gasteiger partial charge in [-0.15, -0.1) is 0 Å². The molecule has 2 aromatic rings. The molecule has 1 N–H and O–H groups in total. The van der Waals surface area contributed by atoms with E-state index in [9.17, 15) is 0 Å². The van der Waals surface area contributed by atoms with Crippen molar-refractivity contribution >= 4 is 17.3 Å². The topological polar surface area (TPSA) is 12.0 Å². The second kappa shape index (κ2) is 5.03. The minimum atomic E-state index is 0.384. The zero-order valence-electron chi connectivity index (χ0n) is 10.2. The number of hydrogen-bond donors (Lipinski definition) is 1. The van der Waals surface area contributed by atoms with Crippen LogP contribution in [0.25, 0.3) is 0 Å². The Bertz CT molecular complexity index is 550. The Labute approximate surface area is 113 Å². The number of benzene rings is 2. The average molecular weight is 258 g/mol. The molecule has 18 heavy (non-hydrogen) atoms.